The maximum Gasteiger partial charge on any atom is 0.170 e. The third-order valence-electron chi connectivity index (χ3n) is 1.64. The summed E-state index contributed by atoms with van der Waals surface area (Å²) in [5.74, 6) is 0. The molecule has 0 saturated carbocycles. The zero-order chi connectivity index (χ0) is 9.42. The molecule has 13 heavy (non-hydrogen) atoms. The Hall–Kier alpha value is -0.650. The van der Waals surface area contributed by atoms with E-state index in [1.165, 1.54) is 6.20 Å². The van der Waals surface area contributed by atoms with Crippen LogP contribution in [0.3, 0.4) is 0 Å². The topological polar surface area (TPSA) is 50.4 Å². The largest absolute Gasteiger partial charge is 0.372 e. The second-order valence-corrected chi connectivity index (χ2v) is 3.68. The number of aliphatic hydroxyl groups excluding tert-OH is 1. The number of hydrogen-bond acceptors (Lipinski definition) is 3. The molecule has 68 valence electrons. The van der Waals surface area contributed by atoms with Crippen molar-refractivity contribution in [2.75, 3.05) is 0 Å². The van der Waals surface area contributed by atoms with Crippen molar-refractivity contribution in [2.45, 2.75) is 5.56 Å². The number of fused-ring (bicyclic) bond motifs is 1. The Labute approximate surface area is 87.3 Å². The minimum Gasteiger partial charge on any atom is -0.372 e. The highest BCUT2D eigenvalue weighted by Gasteiger charge is 2.09. The third kappa shape index (κ3) is 1.54. The number of imidazole rings is 1. The summed E-state index contributed by atoms with van der Waals surface area (Å²) in [6.45, 7) is 0. The molecule has 0 aliphatic carbocycles. The van der Waals surface area contributed by atoms with E-state index in [-0.39, 0.29) is 0 Å². The Morgan fingerprint density at radius 2 is 2.23 bits per heavy atom. The van der Waals surface area contributed by atoms with Gasteiger partial charge in [-0.05, 0) is 15.9 Å². The molecule has 1 atom stereocenters. The van der Waals surface area contributed by atoms with Crippen LogP contribution in [0.25, 0.3) is 5.65 Å². The van der Waals surface area contributed by atoms with Gasteiger partial charge in [-0.25, -0.2) is 9.97 Å². The van der Waals surface area contributed by atoms with Crippen LogP contribution in [0.15, 0.2) is 23.2 Å². The first-order chi connectivity index (χ1) is 6.18. The van der Waals surface area contributed by atoms with Gasteiger partial charge >= 0.3 is 0 Å². The number of alkyl halides is 1. The van der Waals surface area contributed by atoms with Gasteiger partial charge in [0.25, 0.3) is 0 Å². The Morgan fingerprint density at radius 3 is 2.92 bits per heavy atom. The van der Waals surface area contributed by atoms with E-state index in [1.807, 2.05) is 0 Å². The first-order valence-corrected chi connectivity index (χ1v) is 4.72. The Bertz CT molecular complexity index is 442. The predicted molar refractivity (Wildman–Crippen MR) is 51.5 cm³/mol. The first-order valence-electron chi connectivity index (χ1n) is 3.49. The summed E-state index contributed by atoms with van der Waals surface area (Å²) in [6, 6.07) is 0. The number of rotatable bonds is 1. The minimum atomic E-state index is -1.05. The zero-order valence-electron chi connectivity index (χ0n) is 6.35. The lowest BCUT2D eigenvalue weighted by molar-refractivity contribution is 0.257. The van der Waals surface area contributed by atoms with Gasteiger partial charge < -0.3 is 5.11 Å². The molecule has 2 aromatic rings. The van der Waals surface area contributed by atoms with Crippen LogP contribution in [-0.4, -0.2) is 19.5 Å². The van der Waals surface area contributed by atoms with Crippen molar-refractivity contribution in [1.29, 1.82) is 0 Å². The van der Waals surface area contributed by atoms with Crippen LogP contribution in [0.5, 0.6) is 0 Å². The van der Waals surface area contributed by atoms with Crippen molar-refractivity contribution < 1.29 is 5.11 Å². The van der Waals surface area contributed by atoms with E-state index in [1.54, 1.807) is 16.8 Å². The van der Waals surface area contributed by atoms with Gasteiger partial charge in [-0.1, -0.05) is 11.6 Å². The fourth-order valence-electron chi connectivity index (χ4n) is 1.06. The molecule has 2 aromatic heterocycles. The molecule has 0 amide bonds. The number of nitrogens with zero attached hydrogens (tertiary/aromatic N) is 3. The maximum absolute atomic E-state index is 9.17. The molecule has 0 spiro atoms. The number of aromatic nitrogens is 3. The van der Waals surface area contributed by atoms with Gasteiger partial charge in [-0.3, -0.25) is 4.40 Å². The van der Waals surface area contributed by atoms with Crippen LogP contribution in [0.1, 0.15) is 11.3 Å². The van der Waals surface area contributed by atoms with E-state index < -0.39 is 5.56 Å². The second-order valence-electron chi connectivity index (χ2n) is 2.46. The molecule has 0 aliphatic heterocycles. The molecular weight excluding hydrogens is 257 g/mol. The predicted octanol–water partition coefficient (Wildman–Crippen LogP) is 1.72. The molecule has 6 heteroatoms. The monoisotopic (exact) mass is 261 g/mol. The normalized spacial score (nSPS) is 13.5. The standard InChI is InChI=1S/C7H5BrClN3O/c8-5-3-12-4(7(9)13)1-11-6(12)2-10-5/h1-3,7,13H. The molecule has 0 aliphatic rings. The summed E-state index contributed by atoms with van der Waals surface area (Å²) in [4.78, 5) is 8.00. The minimum absolute atomic E-state index is 0.528. The maximum atomic E-state index is 9.17. The quantitative estimate of drug-likeness (QED) is 0.796. The second kappa shape index (κ2) is 3.25. The number of halogens is 2. The Morgan fingerprint density at radius 1 is 1.46 bits per heavy atom. The van der Waals surface area contributed by atoms with Gasteiger partial charge in [0, 0.05) is 6.20 Å². The van der Waals surface area contributed by atoms with Crippen LogP contribution >= 0.6 is 27.5 Å². The molecular formula is C7H5BrClN3O. The fraction of sp³-hybridized carbons (Fsp3) is 0.143. The highest BCUT2D eigenvalue weighted by Crippen LogP contribution is 2.19. The molecule has 0 aromatic carbocycles. The number of aliphatic hydroxyl groups is 1. The average molecular weight is 262 g/mol. The van der Waals surface area contributed by atoms with Gasteiger partial charge in [0.2, 0.25) is 0 Å². The van der Waals surface area contributed by atoms with Gasteiger partial charge in [0.1, 0.15) is 4.60 Å². The molecule has 2 heterocycles. The van der Waals surface area contributed by atoms with Crippen molar-refractivity contribution in [1.82, 2.24) is 14.4 Å². The van der Waals surface area contributed by atoms with Crippen LogP contribution in [-0.2, 0) is 0 Å². The summed E-state index contributed by atoms with van der Waals surface area (Å²) in [7, 11) is 0. The summed E-state index contributed by atoms with van der Waals surface area (Å²) in [5, 5.41) is 9.17. The van der Waals surface area contributed by atoms with Crippen LogP contribution in [0.2, 0.25) is 0 Å². The van der Waals surface area contributed by atoms with Crippen molar-refractivity contribution in [3.63, 3.8) is 0 Å². The summed E-state index contributed by atoms with van der Waals surface area (Å²) in [5.41, 5.74) is 0.127. The molecule has 1 N–H and O–H groups in total. The highest BCUT2D eigenvalue weighted by atomic mass is 79.9. The summed E-state index contributed by atoms with van der Waals surface area (Å²) < 4.78 is 2.34. The van der Waals surface area contributed by atoms with E-state index in [9.17, 15) is 5.11 Å². The SMILES string of the molecule is OC(Cl)c1cnc2cnc(Br)cn12. The van der Waals surface area contributed by atoms with Gasteiger partial charge in [0.05, 0.1) is 18.1 Å². The third-order valence-corrected chi connectivity index (χ3v) is 2.27. The fourth-order valence-corrected chi connectivity index (χ4v) is 1.53. The smallest absolute Gasteiger partial charge is 0.170 e. The van der Waals surface area contributed by atoms with Crippen molar-refractivity contribution in [3.05, 3.63) is 28.9 Å². The lowest BCUT2D eigenvalue weighted by Crippen LogP contribution is -1.95. The van der Waals surface area contributed by atoms with E-state index in [0.717, 1.165) is 0 Å². The van der Waals surface area contributed by atoms with Crippen LogP contribution in [0, 0.1) is 0 Å². The van der Waals surface area contributed by atoms with Crippen molar-refractivity contribution in [3.8, 4) is 0 Å². The van der Waals surface area contributed by atoms with Gasteiger partial charge in [0.15, 0.2) is 11.2 Å². The molecule has 0 fully saturated rings. The van der Waals surface area contributed by atoms with Gasteiger partial charge in [-0.2, -0.15) is 0 Å². The average Bonchev–Trinajstić information content (AvgIpc) is 2.46. The van der Waals surface area contributed by atoms with Gasteiger partial charge in [-0.15, -0.1) is 0 Å². The highest BCUT2D eigenvalue weighted by molar-refractivity contribution is 9.10. The first kappa shape index (κ1) is 8.93. The lowest BCUT2D eigenvalue weighted by atomic mass is 10.5. The summed E-state index contributed by atoms with van der Waals surface area (Å²) in [6.07, 6.45) is 4.80. The van der Waals surface area contributed by atoms with E-state index >= 15 is 0 Å². The molecule has 4 nitrogen and oxygen atoms in total. The molecule has 2 rings (SSSR count). The molecule has 0 saturated heterocycles. The van der Waals surface area contributed by atoms with E-state index in [0.29, 0.717) is 15.9 Å². The van der Waals surface area contributed by atoms with Crippen LogP contribution in [0.4, 0.5) is 0 Å². The lowest BCUT2D eigenvalue weighted by Gasteiger charge is -2.01. The Balaban J connectivity index is 2.71. The van der Waals surface area contributed by atoms with E-state index in [2.05, 4.69) is 25.9 Å². The van der Waals surface area contributed by atoms with Crippen molar-refractivity contribution in [2.24, 2.45) is 0 Å². The molecule has 1 unspecified atom stereocenters. The van der Waals surface area contributed by atoms with Crippen molar-refractivity contribution >= 4 is 33.2 Å². The number of hydrogen-bond donors (Lipinski definition) is 1. The zero-order valence-corrected chi connectivity index (χ0v) is 8.70. The van der Waals surface area contributed by atoms with E-state index in [4.69, 9.17) is 11.6 Å². The molecule has 0 radical (unpaired) electrons. The molecule has 0 bridgehead atoms. The van der Waals surface area contributed by atoms with Crippen LogP contribution < -0.4 is 0 Å². The summed E-state index contributed by atoms with van der Waals surface area (Å²) >= 11 is 8.75. The Kier molecular flexibility index (Phi) is 2.23.